The molecule has 1 unspecified atom stereocenters. The number of rotatable bonds is 7. The first-order valence-electron chi connectivity index (χ1n) is 8.01. The minimum Gasteiger partial charge on any atom is -0.384 e. The lowest BCUT2D eigenvalue weighted by Crippen LogP contribution is -2.38. The maximum absolute atomic E-state index is 5.29. The second-order valence-corrected chi connectivity index (χ2v) is 5.87. The van der Waals surface area contributed by atoms with E-state index in [0.717, 1.165) is 50.8 Å². The van der Waals surface area contributed by atoms with Crippen LogP contribution in [0.15, 0.2) is 6.20 Å². The van der Waals surface area contributed by atoms with E-state index in [9.17, 15) is 0 Å². The fourth-order valence-corrected chi connectivity index (χ4v) is 2.82. The van der Waals surface area contributed by atoms with E-state index in [2.05, 4.69) is 29.0 Å². The number of hydrogen-bond donors (Lipinski definition) is 1. The third-order valence-corrected chi connectivity index (χ3v) is 4.01. The third kappa shape index (κ3) is 4.64. The molecule has 1 aliphatic rings. The number of piperidine rings is 1. The van der Waals surface area contributed by atoms with E-state index in [0.29, 0.717) is 5.92 Å². The van der Waals surface area contributed by atoms with Gasteiger partial charge in [0.25, 0.3) is 0 Å². The Morgan fingerprint density at radius 2 is 2.33 bits per heavy atom. The van der Waals surface area contributed by atoms with Crippen molar-refractivity contribution in [2.75, 3.05) is 38.3 Å². The zero-order chi connectivity index (χ0) is 15.1. The molecule has 0 aromatic carbocycles. The van der Waals surface area contributed by atoms with E-state index < -0.39 is 0 Å². The molecule has 118 valence electrons. The minimum absolute atomic E-state index is 0.596. The van der Waals surface area contributed by atoms with Crippen molar-refractivity contribution in [3.8, 4) is 0 Å². The third-order valence-electron chi connectivity index (χ3n) is 4.01. The lowest BCUT2D eigenvalue weighted by Gasteiger charge is -2.32. The summed E-state index contributed by atoms with van der Waals surface area (Å²) in [6, 6.07) is 0. The van der Waals surface area contributed by atoms with E-state index in [1.807, 2.05) is 6.20 Å². The SMILES string of the molecule is CCCNCc1cnc(N2CCCC(COC)C2)nc1C. The van der Waals surface area contributed by atoms with Gasteiger partial charge in [-0.15, -0.1) is 0 Å². The monoisotopic (exact) mass is 292 g/mol. The fraction of sp³-hybridized carbons (Fsp3) is 0.750. The highest BCUT2D eigenvalue weighted by Gasteiger charge is 2.22. The van der Waals surface area contributed by atoms with Crippen LogP contribution in [0.4, 0.5) is 5.95 Å². The van der Waals surface area contributed by atoms with Crippen molar-refractivity contribution in [1.29, 1.82) is 0 Å². The van der Waals surface area contributed by atoms with Crippen molar-refractivity contribution in [2.24, 2.45) is 5.92 Å². The topological polar surface area (TPSA) is 50.3 Å². The molecule has 1 aromatic heterocycles. The van der Waals surface area contributed by atoms with Gasteiger partial charge in [0, 0.05) is 44.2 Å². The largest absolute Gasteiger partial charge is 0.384 e. The summed E-state index contributed by atoms with van der Waals surface area (Å²) in [7, 11) is 1.78. The Morgan fingerprint density at radius 3 is 3.05 bits per heavy atom. The van der Waals surface area contributed by atoms with E-state index in [4.69, 9.17) is 9.72 Å². The summed E-state index contributed by atoms with van der Waals surface area (Å²) in [6.45, 7) is 9.01. The van der Waals surface area contributed by atoms with Crippen LogP contribution in [-0.4, -0.2) is 43.3 Å². The quantitative estimate of drug-likeness (QED) is 0.780. The first-order chi connectivity index (χ1) is 10.2. The average Bonchev–Trinajstić information content (AvgIpc) is 2.50. The predicted molar refractivity (Wildman–Crippen MR) is 85.6 cm³/mol. The van der Waals surface area contributed by atoms with Gasteiger partial charge >= 0.3 is 0 Å². The van der Waals surface area contributed by atoms with Crippen LogP contribution >= 0.6 is 0 Å². The smallest absolute Gasteiger partial charge is 0.225 e. The highest BCUT2D eigenvalue weighted by atomic mass is 16.5. The predicted octanol–water partition coefficient (Wildman–Crippen LogP) is 2.15. The van der Waals surface area contributed by atoms with Gasteiger partial charge in [0.15, 0.2) is 0 Å². The molecule has 0 spiro atoms. The molecule has 2 heterocycles. The van der Waals surface area contributed by atoms with E-state index >= 15 is 0 Å². The number of aromatic nitrogens is 2. The normalized spacial score (nSPS) is 19.0. The molecule has 1 fully saturated rings. The van der Waals surface area contributed by atoms with Gasteiger partial charge < -0.3 is 15.0 Å². The molecule has 1 atom stereocenters. The second-order valence-electron chi connectivity index (χ2n) is 5.87. The van der Waals surface area contributed by atoms with Crippen molar-refractivity contribution < 1.29 is 4.74 Å². The summed E-state index contributed by atoms with van der Waals surface area (Å²) in [6.07, 6.45) is 5.55. The molecular weight excluding hydrogens is 264 g/mol. The van der Waals surface area contributed by atoms with Gasteiger partial charge in [-0.25, -0.2) is 9.97 Å². The van der Waals surface area contributed by atoms with E-state index in [1.54, 1.807) is 7.11 Å². The molecule has 5 nitrogen and oxygen atoms in total. The number of nitrogens with one attached hydrogen (secondary N) is 1. The molecule has 2 rings (SSSR count). The maximum Gasteiger partial charge on any atom is 0.225 e. The first-order valence-corrected chi connectivity index (χ1v) is 8.01. The molecule has 0 aliphatic carbocycles. The standard InChI is InChI=1S/C16H28N4O/c1-4-7-17-9-15-10-18-16(19-13(15)2)20-8-5-6-14(11-20)12-21-3/h10,14,17H,4-9,11-12H2,1-3H3. The summed E-state index contributed by atoms with van der Waals surface area (Å²) in [5.41, 5.74) is 2.27. The van der Waals surface area contributed by atoms with Crippen molar-refractivity contribution in [2.45, 2.75) is 39.7 Å². The molecule has 1 N–H and O–H groups in total. The lowest BCUT2D eigenvalue weighted by molar-refractivity contribution is 0.143. The van der Waals surface area contributed by atoms with Gasteiger partial charge in [0.1, 0.15) is 0 Å². The maximum atomic E-state index is 5.29. The summed E-state index contributed by atoms with van der Waals surface area (Å²) >= 11 is 0. The fourth-order valence-electron chi connectivity index (χ4n) is 2.82. The Balaban J connectivity index is 1.98. The van der Waals surface area contributed by atoms with Crippen LogP contribution in [0.3, 0.4) is 0 Å². The molecular formula is C16H28N4O. The molecule has 5 heteroatoms. The van der Waals surface area contributed by atoms with Crippen LogP contribution in [0, 0.1) is 12.8 Å². The Hall–Kier alpha value is -1.20. The summed E-state index contributed by atoms with van der Waals surface area (Å²) in [5.74, 6) is 1.46. The lowest BCUT2D eigenvalue weighted by atomic mass is 9.99. The van der Waals surface area contributed by atoms with Gasteiger partial charge in [-0.1, -0.05) is 6.92 Å². The molecule has 0 amide bonds. The summed E-state index contributed by atoms with van der Waals surface area (Å²) < 4.78 is 5.29. The molecule has 1 aromatic rings. The van der Waals surface area contributed by atoms with Gasteiger partial charge in [-0.05, 0) is 38.6 Å². The Labute approximate surface area is 128 Å². The molecule has 0 bridgehead atoms. The zero-order valence-corrected chi connectivity index (χ0v) is 13.6. The van der Waals surface area contributed by atoms with E-state index in [-0.39, 0.29) is 0 Å². The second kappa shape index (κ2) is 8.29. The Bertz CT molecular complexity index is 436. The van der Waals surface area contributed by atoms with Crippen LogP contribution in [-0.2, 0) is 11.3 Å². The minimum atomic E-state index is 0.596. The molecule has 21 heavy (non-hydrogen) atoms. The van der Waals surface area contributed by atoms with Crippen LogP contribution < -0.4 is 10.2 Å². The number of methoxy groups -OCH3 is 1. The van der Waals surface area contributed by atoms with Crippen LogP contribution in [0.2, 0.25) is 0 Å². The average molecular weight is 292 g/mol. The highest BCUT2D eigenvalue weighted by molar-refractivity contribution is 5.33. The zero-order valence-electron chi connectivity index (χ0n) is 13.6. The first kappa shape index (κ1) is 16.2. The van der Waals surface area contributed by atoms with Crippen LogP contribution in [0.5, 0.6) is 0 Å². The van der Waals surface area contributed by atoms with Crippen molar-refractivity contribution in [1.82, 2.24) is 15.3 Å². The molecule has 0 saturated carbocycles. The molecule has 0 radical (unpaired) electrons. The van der Waals surface area contributed by atoms with Crippen LogP contribution in [0.25, 0.3) is 0 Å². The summed E-state index contributed by atoms with van der Waals surface area (Å²) in [5, 5.41) is 3.40. The van der Waals surface area contributed by atoms with Crippen LogP contribution in [0.1, 0.15) is 37.4 Å². The van der Waals surface area contributed by atoms with Crippen molar-refractivity contribution in [3.05, 3.63) is 17.5 Å². The van der Waals surface area contributed by atoms with Crippen molar-refractivity contribution >= 4 is 5.95 Å². The molecule has 1 saturated heterocycles. The van der Waals surface area contributed by atoms with E-state index in [1.165, 1.54) is 18.4 Å². The number of ether oxygens (including phenoxy) is 1. The Kier molecular flexibility index (Phi) is 6.39. The number of hydrogen-bond acceptors (Lipinski definition) is 5. The number of aryl methyl sites for hydroxylation is 1. The molecule has 1 aliphatic heterocycles. The Morgan fingerprint density at radius 1 is 1.48 bits per heavy atom. The van der Waals surface area contributed by atoms with Gasteiger partial charge in [0.2, 0.25) is 5.95 Å². The highest BCUT2D eigenvalue weighted by Crippen LogP contribution is 2.21. The number of nitrogens with zero attached hydrogens (tertiary/aromatic N) is 3. The van der Waals surface area contributed by atoms with Crippen molar-refractivity contribution in [3.63, 3.8) is 0 Å². The summed E-state index contributed by atoms with van der Waals surface area (Å²) in [4.78, 5) is 11.6. The van der Waals surface area contributed by atoms with Gasteiger partial charge in [-0.2, -0.15) is 0 Å². The van der Waals surface area contributed by atoms with Gasteiger partial charge in [0.05, 0.1) is 6.61 Å². The number of anilines is 1. The van der Waals surface area contributed by atoms with Gasteiger partial charge in [-0.3, -0.25) is 0 Å².